The number of piperidine rings is 1. The van der Waals surface area contributed by atoms with E-state index >= 15 is 0 Å². The van der Waals surface area contributed by atoms with Crippen LogP contribution in [0, 0.1) is 5.92 Å². The largest absolute Gasteiger partial charge is 0.481 e. The molecule has 1 aliphatic heterocycles. The number of hydrogen-bond donors (Lipinski definition) is 2. The minimum Gasteiger partial charge on any atom is -0.481 e. The third-order valence-electron chi connectivity index (χ3n) is 4.32. The van der Waals surface area contributed by atoms with Crippen molar-refractivity contribution in [3.05, 3.63) is 0 Å². The molecule has 1 fully saturated rings. The van der Waals surface area contributed by atoms with Crippen molar-refractivity contribution in [2.24, 2.45) is 5.92 Å². The van der Waals surface area contributed by atoms with Gasteiger partial charge in [0.2, 0.25) is 0 Å². The highest BCUT2D eigenvalue weighted by atomic mass is 16.4. The van der Waals surface area contributed by atoms with Crippen molar-refractivity contribution in [3.8, 4) is 0 Å². The first kappa shape index (κ1) is 16.4. The van der Waals surface area contributed by atoms with E-state index in [9.17, 15) is 0 Å². The monoisotopic (exact) mass is 243 g/mol. The zero-order valence-corrected chi connectivity index (χ0v) is 12.3. The number of aliphatic carboxylic acids is 1. The van der Waals surface area contributed by atoms with E-state index in [1.807, 2.05) is 0 Å². The Balaban J connectivity index is 0.000000557. The Labute approximate surface area is 106 Å². The van der Waals surface area contributed by atoms with Gasteiger partial charge < -0.3 is 10.4 Å². The number of carboxylic acid groups (broad SMARTS) is 1. The van der Waals surface area contributed by atoms with Gasteiger partial charge in [-0.2, -0.15) is 0 Å². The predicted molar refractivity (Wildman–Crippen MR) is 72.2 cm³/mol. The quantitative estimate of drug-likeness (QED) is 0.781. The normalized spacial score (nSPS) is 36.9. The van der Waals surface area contributed by atoms with Gasteiger partial charge in [-0.05, 0) is 45.4 Å². The van der Waals surface area contributed by atoms with E-state index in [-0.39, 0.29) is 0 Å². The maximum absolute atomic E-state index is 9.00. The highest BCUT2D eigenvalue weighted by Gasteiger charge is 2.40. The number of rotatable bonds is 2. The van der Waals surface area contributed by atoms with Crippen LogP contribution in [0.5, 0.6) is 0 Å². The maximum Gasteiger partial charge on any atom is 0.300 e. The standard InChI is InChI=1S/C12H25N.C2H4O2/c1-6-11(4)9-8-10(3)12(5,7-2)13-11;1-2(3)4/h10,13H,6-9H2,1-5H3;1H3,(H,3,4). The van der Waals surface area contributed by atoms with E-state index in [4.69, 9.17) is 9.90 Å². The number of nitrogens with one attached hydrogen (secondary N) is 1. The molecular weight excluding hydrogens is 214 g/mol. The summed E-state index contributed by atoms with van der Waals surface area (Å²) < 4.78 is 0. The molecule has 3 nitrogen and oxygen atoms in total. The van der Waals surface area contributed by atoms with Gasteiger partial charge in [-0.15, -0.1) is 0 Å². The molecule has 102 valence electrons. The summed E-state index contributed by atoms with van der Waals surface area (Å²) in [6.45, 7) is 12.8. The Morgan fingerprint density at radius 3 is 2.18 bits per heavy atom. The summed E-state index contributed by atoms with van der Waals surface area (Å²) in [4.78, 5) is 9.00. The molecule has 17 heavy (non-hydrogen) atoms. The molecule has 0 aromatic rings. The molecule has 0 bridgehead atoms. The fourth-order valence-electron chi connectivity index (χ4n) is 2.43. The van der Waals surface area contributed by atoms with E-state index in [2.05, 4.69) is 39.9 Å². The van der Waals surface area contributed by atoms with Crippen molar-refractivity contribution in [1.29, 1.82) is 0 Å². The smallest absolute Gasteiger partial charge is 0.300 e. The van der Waals surface area contributed by atoms with Gasteiger partial charge in [-0.3, -0.25) is 4.79 Å². The average molecular weight is 243 g/mol. The van der Waals surface area contributed by atoms with Crippen LogP contribution in [0.2, 0.25) is 0 Å². The van der Waals surface area contributed by atoms with E-state index in [1.165, 1.54) is 25.7 Å². The summed E-state index contributed by atoms with van der Waals surface area (Å²) in [5.41, 5.74) is 0.750. The molecule has 3 atom stereocenters. The van der Waals surface area contributed by atoms with Crippen LogP contribution in [-0.2, 0) is 4.79 Å². The van der Waals surface area contributed by atoms with Crippen LogP contribution in [0.15, 0.2) is 0 Å². The lowest BCUT2D eigenvalue weighted by atomic mass is 9.72. The molecule has 3 unspecified atom stereocenters. The van der Waals surface area contributed by atoms with E-state index < -0.39 is 5.97 Å². The molecule has 0 radical (unpaired) electrons. The van der Waals surface area contributed by atoms with Gasteiger partial charge in [0.1, 0.15) is 0 Å². The van der Waals surface area contributed by atoms with Crippen molar-refractivity contribution >= 4 is 5.97 Å². The van der Waals surface area contributed by atoms with E-state index in [1.54, 1.807) is 0 Å². The fourth-order valence-corrected chi connectivity index (χ4v) is 2.43. The van der Waals surface area contributed by atoms with Gasteiger partial charge >= 0.3 is 0 Å². The second kappa shape index (κ2) is 6.39. The number of carbonyl (C=O) groups is 1. The topological polar surface area (TPSA) is 49.3 Å². The molecule has 1 aliphatic rings. The lowest BCUT2D eigenvalue weighted by molar-refractivity contribution is -0.134. The van der Waals surface area contributed by atoms with Gasteiger partial charge in [-0.25, -0.2) is 0 Å². The van der Waals surface area contributed by atoms with Gasteiger partial charge in [0.05, 0.1) is 0 Å². The second-order valence-electron chi connectivity index (χ2n) is 5.77. The van der Waals surface area contributed by atoms with Crippen LogP contribution >= 0.6 is 0 Å². The van der Waals surface area contributed by atoms with Crippen LogP contribution in [0.1, 0.15) is 67.2 Å². The van der Waals surface area contributed by atoms with E-state index in [0.717, 1.165) is 12.8 Å². The zero-order chi connectivity index (χ0) is 13.7. The van der Waals surface area contributed by atoms with Crippen LogP contribution in [0.25, 0.3) is 0 Å². The van der Waals surface area contributed by atoms with Crippen molar-refractivity contribution in [1.82, 2.24) is 5.32 Å². The molecule has 2 N–H and O–H groups in total. The first-order valence-corrected chi connectivity index (χ1v) is 6.68. The minimum atomic E-state index is -0.833. The molecular formula is C14H29NO2. The third-order valence-corrected chi connectivity index (χ3v) is 4.32. The Morgan fingerprint density at radius 1 is 1.35 bits per heavy atom. The SMILES string of the molecule is CC(=O)O.CCC1(C)CCC(C)C(C)(CC)N1. The summed E-state index contributed by atoms with van der Waals surface area (Å²) in [5.74, 6) is -0.0166. The summed E-state index contributed by atoms with van der Waals surface area (Å²) >= 11 is 0. The van der Waals surface area contributed by atoms with Crippen molar-refractivity contribution in [2.75, 3.05) is 0 Å². The van der Waals surface area contributed by atoms with Crippen LogP contribution < -0.4 is 5.32 Å². The summed E-state index contributed by atoms with van der Waals surface area (Å²) in [6.07, 6.45) is 5.20. The molecule has 0 saturated carbocycles. The predicted octanol–water partition coefficient (Wildman–Crippen LogP) is 3.43. The molecule has 0 aliphatic carbocycles. The van der Waals surface area contributed by atoms with E-state index in [0.29, 0.717) is 11.1 Å². The first-order valence-electron chi connectivity index (χ1n) is 6.68. The molecule has 3 heteroatoms. The molecule has 1 heterocycles. The van der Waals surface area contributed by atoms with Crippen LogP contribution in [0.3, 0.4) is 0 Å². The zero-order valence-electron chi connectivity index (χ0n) is 12.3. The highest BCUT2D eigenvalue weighted by Crippen LogP contribution is 2.36. The average Bonchev–Trinajstić information content (AvgIpc) is 2.24. The minimum absolute atomic E-state index is 0.364. The summed E-state index contributed by atoms with van der Waals surface area (Å²) in [6, 6.07) is 0. The Hall–Kier alpha value is -0.570. The lowest BCUT2D eigenvalue weighted by Gasteiger charge is -2.50. The van der Waals surface area contributed by atoms with Crippen molar-refractivity contribution in [2.45, 2.75) is 78.3 Å². The highest BCUT2D eigenvalue weighted by molar-refractivity contribution is 5.62. The molecule has 1 saturated heterocycles. The number of carboxylic acids is 1. The van der Waals surface area contributed by atoms with Gasteiger partial charge in [-0.1, -0.05) is 20.8 Å². The number of hydrogen-bond acceptors (Lipinski definition) is 2. The first-order chi connectivity index (χ1) is 7.69. The Morgan fingerprint density at radius 2 is 1.82 bits per heavy atom. The Bertz CT molecular complexity index is 251. The maximum atomic E-state index is 9.00. The van der Waals surface area contributed by atoms with Gasteiger partial charge in [0, 0.05) is 18.0 Å². The lowest BCUT2D eigenvalue weighted by Crippen LogP contribution is -2.61. The molecule has 0 aromatic heterocycles. The molecule has 0 spiro atoms. The summed E-state index contributed by atoms with van der Waals surface area (Å²) in [7, 11) is 0. The van der Waals surface area contributed by atoms with Gasteiger partial charge in [0.25, 0.3) is 5.97 Å². The molecule has 0 aromatic carbocycles. The fraction of sp³-hybridized carbons (Fsp3) is 0.929. The van der Waals surface area contributed by atoms with Crippen LogP contribution in [0.4, 0.5) is 0 Å². The third kappa shape index (κ3) is 5.07. The second-order valence-corrected chi connectivity index (χ2v) is 5.77. The molecule has 1 rings (SSSR count). The molecule has 0 amide bonds. The van der Waals surface area contributed by atoms with Crippen LogP contribution in [-0.4, -0.2) is 22.2 Å². The Kier molecular flexibility index (Phi) is 6.17. The van der Waals surface area contributed by atoms with Crippen molar-refractivity contribution < 1.29 is 9.90 Å². The van der Waals surface area contributed by atoms with Crippen molar-refractivity contribution in [3.63, 3.8) is 0 Å². The van der Waals surface area contributed by atoms with Gasteiger partial charge in [0.15, 0.2) is 0 Å². The summed E-state index contributed by atoms with van der Waals surface area (Å²) in [5, 5.41) is 11.3.